The lowest BCUT2D eigenvalue weighted by Crippen LogP contribution is -2.47. The van der Waals surface area contributed by atoms with Gasteiger partial charge in [-0.3, -0.25) is 4.79 Å². The monoisotopic (exact) mass is 264 g/mol. The third kappa shape index (κ3) is 2.86. The fourth-order valence-corrected chi connectivity index (χ4v) is 2.13. The van der Waals surface area contributed by atoms with Crippen molar-refractivity contribution < 1.29 is 9.53 Å². The van der Waals surface area contributed by atoms with Crippen LogP contribution < -0.4 is 4.90 Å². The minimum absolute atomic E-state index is 0.141. The number of anilines is 1. The molecule has 0 N–H and O–H groups in total. The van der Waals surface area contributed by atoms with E-state index in [1.165, 1.54) is 0 Å². The number of hydrogen-bond donors (Lipinski definition) is 0. The van der Waals surface area contributed by atoms with Gasteiger partial charge < -0.3 is 14.5 Å². The van der Waals surface area contributed by atoms with Gasteiger partial charge >= 0.3 is 0 Å². The van der Waals surface area contributed by atoms with E-state index in [1.807, 2.05) is 35.2 Å². The summed E-state index contributed by atoms with van der Waals surface area (Å²) in [6.07, 6.45) is 0. The first kappa shape index (κ1) is 13.0. The van der Waals surface area contributed by atoms with E-state index in [0.717, 1.165) is 5.69 Å². The molecule has 2 rings (SSSR count). The normalized spacial score (nSPS) is 15.3. The molecule has 96 valence electrons. The topological polar surface area (TPSA) is 32.8 Å². The molecule has 1 saturated heterocycles. The number of para-hydroxylation sites is 1. The fourth-order valence-electron chi connectivity index (χ4n) is 1.81. The summed E-state index contributed by atoms with van der Waals surface area (Å²) in [5, 5.41) is 0. The van der Waals surface area contributed by atoms with Gasteiger partial charge in [0.2, 0.25) is 0 Å². The lowest BCUT2D eigenvalue weighted by Gasteiger charge is -2.30. The second-order valence-corrected chi connectivity index (χ2v) is 4.49. The molecule has 0 aliphatic carbocycles. The Morgan fingerprint density at radius 3 is 2.50 bits per heavy atom. The molecule has 0 unspecified atom stereocenters. The minimum Gasteiger partial charge on any atom is -0.378 e. The van der Waals surface area contributed by atoms with Gasteiger partial charge in [0.25, 0.3) is 5.91 Å². The van der Waals surface area contributed by atoms with Crippen LogP contribution in [-0.4, -0.2) is 49.1 Å². The van der Waals surface area contributed by atoms with Gasteiger partial charge in [0, 0.05) is 25.8 Å². The van der Waals surface area contributed by atoms with Crippen molar-refractivity contribution in [2.45, 2.75) is 0 Å². The number of thiocarbonyl (C=S) groups is 1. The van der Waals surface area contributed by atoms with Crippen molar-refractivity contribution in [1.29, 1.82) is 0 Å². The molecule has 0 spiro atoms. The van der Waals surface area contributed by atoms with Gasteiger partial charge in [-0.2, -0.15) is 0 Å². The second kappa shape index (κ2) is 5.93. The van der Waals surface area contributed by atoms with Gasteiger partial charge in [-0.1, -0.05) is 30.4 Å². The maximum Gasteiger partial charge on any atom is 0.285 e. The van der Waals surface area contributed by atoms with Crippen molar-refractivity contribution in [2.24, 2.45) is 0 Å². The van der Waals surface area contributed by atoms with Crippen LogP contribution in [0.1, 0.15) is 0 Å². The highest BCUT2D eigenvalue weighted by atomic mass is 32.1. The van der Waals surface area contributed by atoms with Crippen LogP contribution >= 0.6 is 12.2 Å². The Morgan fingerprint density at radius 2 is 1.89 bits per heavy atom. The Hall–Kier alpha value is -1.46. The predicted molar refractivity (Wildman–Crippen MR) is 74.8 cm³/mol. The Morgan fingerprint density at radius 1 is 1.28 bits per heavy atom. The number of carbonyl (C=O) groups is 1. The third-order valence-corrected chi connectivity index (χ3v) is 3.36. The summed E-state index contributed by atoms with van der Waals surface area (Å²) in [7, 11) is 1.74. The van der Waals surface area contributed by atoms with Crippen molar-refractivity contribution in [2.75, 3.05) is 38.3 Å². The number of hydrogen-bond acceptors (Lipinski definition) is 3. The van der Waals surface area contributed by atoms with Gasteiger partial charge in [-0.15, -0.1) is 0 Å². The summed E-state index contributed by atoms with van der Waals surface area (Å²) in [5.74, 6) is -0.141. The molecule has 5 heteroatoms. The van der Waals surface area contributed by atoms with Gasteiger partial charge in [-0.05, 0) is 12.1 Å². The zero-order valence-corrected chi connectivity index (χ0v) is 11.2. The lowest BCUT2D eigenvalue weighted by atomic mass is 10.3. The summed E-state index contributed by atoms with van der Waals surface area (Å²) >= 11 is 5.25. The molecule has 0 saturated carbocycles. The van der Waals surface area contributed by atoms with Gasteiger partial charge in [-0.25, -0.2) is 0 Å². The number of nitrogens with zero attached hydrogens (tertiary/aromatic N) is 2. The van der Waals surface area contributed by atoms with E-state index in [1.54, 1.807) is 11.9 Å². The predicted octanol–water partition coefficient (Wildman–Crippen LogP) is 1.31. The molecule has 4 nitrogen and oxygen atoms in total. The van der Waals surface area contributed by atoms with E-state index < -0.39 is 0 Å². The van der Waals surface area contributed by atoms with E-state index in [4.69, 9.17) is 17.0 Å². The molecule has 0 aromatic heterocycles. The molecular weight excluding hydrogens is 248 g/mol. The molecule has 18 heavy (non-hydrogen) atoms. The van der Waals surface area contributed by atoms with E-state index in [0.29, 0.717) is 31.3 Å². The first-order valence-corrected chi connectivity index (χ1v) is 6.31. The second-order valence-electron chi connectivity index (χ2n) is 4.10. The van der Waals surface area contributed by atoms with Crippen molar-refractivity contribution in [1.82, 2.24) is 4.90 Å². The molecule has 1 aromatic rings. The average molecular weight is 264 g/mol. The van der Waals surface area contributed by atoms with E-state index in [2.05, 4.69) is 0 Å². The fraction of sp³-hybridized carbons (Fsp3) is 0.385. The first-order chi connectivity index (χ1) is 8.70. The molecular formula is C13H16N2O2S. The molecule has 0 atom stereocenters. The molecule has 1 aliphatic rings. The highest BCUT2D eigenvalue weighted by Gasteiger charge is 2.23. The molecule has 1 amide bonds. The smallest absolute Gasteiger partial charge is 0.285 e. The van der Waals surface area contributed by atoms with Crippen molar-refractivity contribution in [3.8, 4) is 0 Å². The van der Waals surface area contributed by atoms with Crippen LogP contribution in [0.3, 0.4) is 0 Å². The molecule has 0 bridgehead atoms. The molecule has 1 aliphatic heterocycles. The number of rotatable bonds is 1. The Kier molecular flexibility index (Phi) is 4.28. The van der Waals surface area contributed by atoms with E-state index >= 15 is 0 Å². The third-order valence-electron chi connectivity index (χ3n) is 2.93. The number of carbonyl (C=O) groups excluding carboxylic acids is 1. The van der Waals surface area contributed by atoms with Crippen LogP contribution in [0, 0.1) is 0 Å². The average Bonchev–Trinajstić information content (AvgIpc) is 2.47. The maximum absolute atomic E-state index is 12.2. The van der Waals surface area contributed by atoms with Crippen LogP contribution in [-0.2, 0) is 9.53 Å². The van der Waals surface area contributed by atoms with E-state index in [-0.39, 0.29) is 5.91 Å². The zero-order chi connectivity index (χ0) is 13.0. The minimum atomic E-state index is -0.141. The van der Waals surface area contributed by atoms with Gasteiger partial charge in [0.05, 0.1) is 13.2 Å². The molecule has 1 fully saturated rings. The molecule has 0 radical (unpaired) electrons. The summed E-state index contributed by atoms with van der Waals surface area (Å²) < 4.78 is 5.25. The van der Waals surface area contributed by atoms with Crippen LogP contribution in [0.25, 0.3) is 0 Å². The van der Waals surface area contributed by atoms with Crippen LogP contribution in [0.5, 0.6) is 0 Å². The number of morpholine rings is 1. The first-order valence-electron chi connectivity index (χ1n) is 5.90. The Balaban J connectivity index is 2.04. The molecule has 1 heterocycles. The van der Waals surface area contributed by atoms with Gasteiger partial charge in [0.15, 0.2) is 4.99 Å². The quantitative estimate of drug-likeness (QED) is 0.716. The SMILES string of the molecule is CN(C(=O)C(=S)N1CCOCC1)c1ccccc1. The maximum atomic E-state index is 12.2. The Bertz CT molecular complexity index is 430. The highest BCUT2D eigenvalue weighted by Crippen LogP contribution is 2.12. The Labute approximate surface area is 112 Å². The van der Waals surface area contributed by atoms with Crippen molar-refractivity contribution in [3.63, 3.8) is 0 Å². The van der Waals surface area contributed by atoms with Crippen LogP contribution in [0.4, 0.5) is 5.69 Å². The summed E-state index contributed by atoms with van der Waals surface area (Å²) in [5.41, 5.74) is 0.845. The van der Waals surface area contributed by atoms with Crippen molar-refractivity contribution in [3.05, 3.63) is 30.3 Å². The van der Waals surface area contributed by atoms with E-state index in [9.17, 15) is 4.79 Å². The molecule has 1 aromatic carbocycles. The summed E-state index contributed by atoms with van der Waals surface area (Å²) in [6, 6.07) is 9.50. The summed E-state index contributed by atoms with van der Waals surface area (Å²) in [4.78, 5) is 16.1. The highest BCUT2D eigenvalue weighted by molar-refractivity contribution is 7.82. The van der Waals surface area contributed by atoms with Crippen LogP contribution in [0.2, 0.25) is 0 Å². The number of likely N-dealkylation sites (N-methyl/N-ethyl adjacent to an activating group) is 1. The van der Waals surface area contributed by atoms with Crippen LogP contribution in [0.15, 0.2) is 30.3 Å². The zero-order valence-electron chi connectivity index (χ0n) is 10.3. The number of amides is 1. The lowest BCUT2D eigenvalue weighted by molar-refractivity contribution is -0.112. The standard InChI is InChI=1S/C13H16N2O2S/c1-14(11-5-3-2-4-6-11)12(16)13(18)15-7-9-17-10-8-15/h2-6H,7-10H2,1H3. The van der Waals surface area contributed by atoms with Crippen molar-refractivity contribution >= 4 is 28.8 Å². The van der Waals surface area contributed by atoms with Gasteiger partial charge in [0.1, 0.15) is 0 Å². The number of benzene rings is 1. The summed E-state index contributed by atoms with van der Waals surface area (Å²) in [6.45, 7) is 2.63. The number of ether oxygens (including phenoxy) is 1. The largest absolute Gasteiger partial charge is 0.378 e.